The van der Waals surface area contributed by atoms with Gasteiger partial charge in [0.25, 0.3) is 0 Å². The van der Waals surface area contributed by atoms with Crippen molar-refractivity contribution in [1.29, 1.82) is 5.41 Å². The summed E-state index contributed by atoms with van der Waals surface area (Å²) in [4.78, 5) is 0. The summed E-state index contributed by atoms with van der Waals surface area (Å²) in [5.74, 6) is 0.0999. The van der Waals surface area contributed by atoms with Crippen molar-refractivity contribution < 1.29 is 0 Å². The van der Waals surface area contributed by atoms with Gasteiger partial charge in [0.05, 0.1) is 0 Å². The van der Waals surface area contributed by atoms with E-state index in [9.17, 15) is 0 Å². The van der Waals surface area contributed by atoms with Crippen LogP contribution < -0.4 is 5.73 Å². The van der Waals surface area contributed by atoms with Crippen molar-refractivity contribution in [2.75, 3.05) is 0 Å². The van der Waals surface area contributed by atoms with Crippen molar-refractivity contribution >= 4 is 5.84 Å². The van der Waals surface area contributed by atoms with Gasteiger partial charge in [0.1, 0.15) is 5.84 Å². The van der Waals surface area contributed by atoms with Crippen LogP contribution in [0.5, 0.6) is 0 Å². The molecule has 1 radical (unpaired) electrons. The van der Waals surface area contributed by atoms with E-state index in [0.29, 0.717) is 0 Å². The second kappa shape index (κ2) is 4.83. The lowest BCUT2D eigenvalue weighted by Gasteiger charge is -2.05. The quantitative estimate of drug-likeness (QED) is 0.610. The second-order valence-electron chi connectivity index (χ2n) is 3.96. The van der Waals surface area contributed by atoms with Crippen molar-refractivity contribution in [2.45, 2.75) is 13.3 Å². The van der Waals surface area contributed by atoms with Crippen LogP contribution in [0.2, 0.25) is 0 Å². The molecule has 0 aliphatic rings. The highest BCUT2D eigenvalue weighted by Gasteiger charge is 2.00. The van der Waals surface area contributed by atoms with E-state index in [2.05, 4.69) is 25.1 Å². The molecule has 0 fully saturated rings. The highest BCUT2D eigenvalue weighted by atomic mass is 14.7. The lowest BCUT2D eigenvalue weighted by atomic mass is 10.0. The molecule has 3 N–H and O–H groups in total. The van der Waals surface area contributed by atoms with E-state index in [1.807, 2.05) is 30.3 Å². The summed E-state index contributed by atoms with van der Waals surface area (Å²) < 4.78 is 0. The first-order valence-electron chi connectivity index (χ1n) is 5.66. The molecule has 85 valence electrons. The zero-order valence-electron chi connectivity index (χ0n) is 9.83. The van der Waals surface area contributed by atoms with Crippen LogP contribution in [0.25, 0.3) is 11.1 Å². The van der Waals surface area contributed by atoms with Crippen LogP contribution in [-0.4, -0.2) is 5.84 Å². The summed E-state index contributed by atoms with van der Waals surface area (Å²) in [6.07, 6.45) is 1.02. The second-order valence-corrected chi connectivity index (χ2v) is 3.96. The van der Waals surface area contributed by atoms with Gasteiger partial charge in [0.15, 0.2) is 0 Å². The third-order valence-electron chi connectivity index (χ3n) is 2.78. The van der Waals surface area contributed by atoms with Crippen LogP contribution in [0.3, 0.4) is 0 Å². The average molecular weight is 223 g/mol. The van der Waals surface area contributed by atoms with Gasteiger partial charge >= 0.3 is 0 Å². The summed E-state index contributed by atoms with van der Waals surface area (Å²) in [5, 5.41) is 7.34. The molecule has 0 heterocycles. The molecular formula is C15H15N2. The summed E-state index contributed by atoms with van der Waals surface area (Å²) in [6, 6.07) is 17.1. The van der Waals surface area contributed by atoms with Crippen molar-refractivity contribution in [3.63, 3.8) is 0 Å². The Hall–Kier alpha value is -2.09. The average Bonchev–Trinajstić information content (AvgIpc) is 2.39. The number of benzene rings is 2. The fraction of sp³-hybridized carbons (Fsp3) is 0.133. The summed E-state index contributed by atoms with van der Waals surface area (Å²) >= 11 is 0. The Morgan fingerprint density at radius 3 is 2.53 bits per heavy atom. The van der Waals surface area contributed by atoms with Crippen LogP contribution in [-0.2, 0) is 6.42 Å². The Labute approximate surface area is 102 Å². The Morgan fingerprint density at radius 1 is 1.24 bits per heavy atom. The largest absolute Gasteiger partial charge is 0.384 e. The number of amidine groups is 1. The van der Waals surface area contributed by atoms with Crippen molar-refractivity contribution in [1.82, 2.24) is 0 Å². The molecule has 0 spiro atoms. The first-order chi connectivity index (χ1) is 8.20. The normalized spacial score (nSPS) is 10.2. The number of hydrogen-bond acceptors (Lipinski definition) is 1. The summed E-state index contributed by atoms with van der Waals surface area (Å²) in [7, 11) is 0. The predicted octanol–water partition coefficient (Wildman–Crippen LogP) is 3.00. The van der Waals surface area contributed by atoms with E-state index in [-0.39, 0.29) is 5.84 Å². The minimum Gasteiger partial charge on any atom is -0.384 e. The third kappa shape index (κ3) is 2.53. The molecule has 2 nitrogen and oxygen atoms in total. The fourth-order valence-corrected chi connectivity index (χ4v) is 1.73. The Balaban J connectivity index is 2.36. The zero-order chi connectivity index (χ0) is 12.3. The summed E-state index contributed by atoms with van der Waals surface area (Å²) in [5.41, 5.74) is 9.66. The third-order valence-corrected chi connectivity index (χ3v) is 2.78. The number of nitrogen functional groups attached to an aromatic ring is 1. The highest BCUT2D eigenvalue weighted by Crippen LogP contribution is 2.20. The molecule has 2 aromatic rings. The van der Waals surface area contributed by atoms with E-state index >= 15 is 0 Å². The maximum absolute atomic E-state index is 7.34. The number of aryl methyl sites for hydroxylation is 1. The molecular weight excluding hydrogens is 208 g/mol. The highest BCUT2D eigenvalue weighted by molar-refractivity contribution is 5.95. The predicted molar refractivity (Wildman–Crippen MR) is 71.1 cm³/mol. The smallest absolute Gasteiger partial charge is 0.122 e. The monoisotopic (exact) mass is 223 g/mol. The Kier molecular flexibility index (Phi) is 3.24. The van der Waals surface area contributed by atoms with Crippen molar-refractivity contribution in [3.8, 4) is 11.1 Å². The maximum Gasteiger partial charge on any atom is 0.122 e. The number of rotatable bonds is 3. The Morgan fingerprint density at radius 2 is 1.94 bits per heavy atom. The molecule has 17 heavy (non-hydrogen) atoms. The molecule has 2 aromatic carbocycles. The minimum absolute atomic E-state index is 0.0999. The first-order valence-corrected chi connectivity index (χ1v) is 5.66. The van der Waals surface area contributed by atoms with Gasteiger partial charge < -0.3 is 5.73 Å². The topological polar surface area (TPSA) is 49.9 Å². The SMILES string of the molecule is CCc1cc[c]c(-c2ccc(C(=N)N)cc2)c1. The lowest BCUT2D eigenvalue weighted by Crippen LogP contribution is -2.10. The van der Waals surface area contributed by atoms with Gasteiger partial charge in [-0.15, -0.1) is 0 Å². The number of hydrogen-bond donors (Lipinski definition) is 2. The standard InChI is InChI=1S/C15H15N2/c1-2-11-4-3-5-14(10-11)12-6-8-13(9-7-12)15(16)17/h3-4,6-10H,2H2,1H3,(H3,16,17). The van der Waals surface area contributed by atoms with Crippen LogP contribution >= 0.6 is 0 Å². The van der Waals surface area contributed by atoms with Crippen molar-refractivity contribution in [2.24, 2.45) is 5.73 Å². The molecule has 0 aromatic heterocycles. The molecule has 0 aliphatic carbocycles. The van der Waals surface area contributed by atoms with E-state index in [1.54, 1.807) is 0 Å². The van der Waals surface area contributed by atoms with Crippen molar-refractivity contribution in [3.05, 3.63) is 59.7 Å². The minimum atomic E-state index is 0.0999. The molecule has 0 saturated carbocycles. The number of nitrogens with two attached hydrogens (primary N) is 1. The molecule has 2 heteroatoms. The molecule has 0 atom stereocenters. The van der Waals surface area contributed by atoms with Gasteiger partial charge in [-0.25, -0.2) is 0 Å². The number of nitrogens with one attached hydrogen (secondary N) is 1. The summed E-state index contributed by atoms with van der Waals surface area (Å²) in [6.45, 7) is 2.14. The van der Waals surface area contributed by atoms with E-state index < -0.39 is 0 Å². The zero-order valence-corrected chi connectivity index (χ0v) is 9.83. The molecule has 0 aliphatic heterocycles. The van der Waals surface area contributed by atoms with E-state index in [1.165, 1.54) is 5.56 Å². The molecule has 0 saturated heterocycles. The van der Waals surface area contributed by atoms with Gasteiger partial charge in [0.2, 0.25) is 0 Å². The van der Waals surface area contributed by atoms with Crippen LogP contribution in [0.1, 0.15) is 18.1 Å². The van der Waals surface area contributed by atoms with Gasteiger partial charge in [0, 0.05) is 5.56 Å². The van der Waals surface area contributed by atoms with Gasteiger partial charge in [-0.1, -0.05) is 49.4 Å². The first kappa shape index (κ1) is 11.4. The molecule has 0 unspecified atom stereocenters. The Bertz CT molecular complexity index is 527. The maximum atomic E-state index is 7.34. The van der Waals surface area contributed by atoms with Crippen LogP contribution in [0.4, 0.5) is 0 Å². The van der Waals surface area contributed by atoms with Crippen LogP contribution in [0, 0.1) is 11.5 Å². The van der Waals surface area contributed by atoms with E-state index in [0.717, 1.165) is 23.1 Å². The molecule has 2 rings (SSSR count). The lowest BCUT2D eigenvalue weighted by molar-refractivity contribution is 1.14. The molecule has 0 bridgehead atoms. The fourth-order valence-electron chi connectivity index (χ4n) is 1.73. The van der Waals surface area contributed by atoms with Gasteiger partial charge in [-0.3, -0.25) is 5.41 Å². The van der Waals surface area contributed by atoms with Crippen LogP contribution in [0.15, 0.2) is 42.5 Å². The molecule has 0 amide bonds. The van der Waals surface area contributed by atoms with E-state index in [4.69, 9.17) is 11.1 Å². The van der Waals surface area contributed by atoms with Gasteiger partial charge in [-0.2, -0.15) is 0 Å². The van der Waals surface area contributed by atoms with Gasteiger partial charge in [-0.05, 0) is 29.2 Å².